The molecule has 0 aliphatic carbocycles. The zero-order valence-corrected chi connectivity index (χ0v) is 11.0. The van der Waals surface area contributed by atoms with Gasteiger partial charge in [0.1, 0.15) is 5.82 Å². The van der Waals surface area contributed by atoms with Gasteiger partial charge in [0, 0.05) is 6.54 Å². The van der Waals surface area contributed by atoms with Crippen LogP contribution in [0.15, 0.2) is 36.4 Å². The van der Waals surface area contributed by atoms with Crippen molar-refractivity contribution in [3.63, 3.8) is 0 Å². The summed E-state index contributed by atoms with van der Waals surface area (Å²) in [6, 6.07) is 12.6. The maximum absolute atomic E-state index is 13.7. The summed E-state index contributed by atoms with van der Waals surface area (Å²) < 4.78 is 13.7. The van der Waals surface area contributed by atoms with E-state index in [0.29, 0.717) is 17.8 Å². The van der Waals surface area contributed by atoms with E-state index >= 15 is 0 Å². The number of hydrogen-bond acceptors (Lipinski definition) is 2. The van der Waals surface area contributed by atoms with E-state index in [0.717, 1.165) is 5.56 Å². The minimum absolute atomic E-state index is 0.329. The first-order valence-electron chi connectivity index (χ1n) is 6.10. The third kappa shape index (κ3) is 3.11. The lowest BCUT2D eigenvalue weighted by Gasteiger charge is -2.10. The second kappa shape index (κ2) is 5.53. The number of nitriles is 1. The third-order valence-electron chi connectivity index (χ3n) is 3.07. The summed E-state index contributed by atoms with van der Waals surface area (Å²) in [5.74, 6) is -0.399. The molecule has 2 rings (SSSR count). The summed E-state index contributed by atoms with van der Waals surface area (Å²) in [6.07, 6.45) is 0. The van der Waals surface area contributed by atoms with Crippen LogP contribution in [-0.4, -0.2) is 0 Å². The monoisotopic (exact) mass is 254 g/mol. The van der Waals surface area contributed by atoms with Crippen LogP contribution in [0.1, 0.15) is 22.3 Å². The number of rotatable bonds is 3. The average molecular weight is 254 g/mol. The fraction of sp³-hybridized carbons (Fsp3) is 0.188. The van der Waals surface area contributed by atoms with E-state index in [4.69, 9.17) is 5.26 Å². The molecular weight excluding hydrogens is 239 g/mol. The Balaban J connectivity index is 2.15. The van der Waals surface area contributed by atoms with Crippen LogP contribution in [0.2, 0.25) is 0 Å². The summed E-state index contributed by atoms with van der Waals surface area (Å²) >= 11 is 0. The Morgan fingerprint density at radius 3 is 2.63 bits per heavy atom. The van der Waals surface area contributed by atoms with Gasteiger partial charge in [0.15, 0.2) is 0 Å². The predicted octanol–water partition coefficient (Wildman–Crippen LogP) is 3.93. The zero-order chi connectivity index (χ0) is 13.8. The van der Waals surface area contributed by atoms with Crippen LogP contribution in [0.4, 0.5) is 10.1 Å². The predicted molar refractivity (Wildman–Crippen MR) is 74.4 cm³/mol. The van der Waals surface area contributed by atoms with Gasteiger partial charge < -0.3 is 5.32 Å². The molecule has 0 amide bonds. The summed E-state index contributed by atoms with van der Waals surface area (Å²) in [5, 5.41) is 11.8. The van der Waals surface area contributed by atoms with Gasteiger partial charge in [-0.15, -0.1) is 0 Å². The smallest absolute Gasteiger partial charge is 0.147 e. The minimum Gasteiger partial charge on any atom is -0.379 e. The molecule has 19 heavy (non-hydrogen) atoms. The van der Waals surface area contributed by atoms with Gasteiger partial charge in [-0.05, 0) is 43.2 Å². The van der Waals surface area contributed by atoms with Crippen LogP contribution in [0, 0.1) is 31.0 Å². The number of halogens is 1. The number of nitrogens with one attached hydrogen (secondary N) is 1. The zero-order valence-electron chi connectivity index (χ0n) is 11.0. The highest BCUT2D eigenvalue weighted by Gasteiger charge is 2.04. The van der Waals surface area contributed by atoms with Crippen LogP contribution in [0.25, 0.3) is 0 Å². The Bertz CT molecular complexity index is 642. The molecular formula is C16H15FN2. The first-order valence-corrected chi connectivity index (χ1v) is 6.10. The molecule has 0 saturated heterocycles. The molecule has 0 aromatic heterocycles. The van der Waals surface area contributed by atoms with E-state index in [-0.39, 0.29) is 0 Å². The van der Waals surface area contributed by atoms with E-state index in [9.17, 15) is 4.39 Å². The molecule has 2 nitrogen and oxygen atoms in total. The lowest BCUT2D eigenvalue weighted by atomic mass is 10.1. The fourth-order valence-electron chi connectivity index (χ4n) is 1.91. The normalized spacial score (nSPS) is 10.0. The second-order valence-corrected chi connectivity index (χ2v) is 4.59. The highest BCUT2D eigenvalue weighted by Crippen LogP contribution is 2.18. The number of aryl methyl sites for hydroxylation is 2. The highest BCUT2D eigenvalue weighted by atomic mass is 19.1. The van der Waals surface area contributed by atoms with Gasteiger partial charge >= 0.3 is 0 Å². The third-order valence-corrected chi connectivity index (χ3v) is 3.07. The molecule has 0 aliphatic heterocycles. The lowest BCUT2D eigenvalue weighted by molar-refractivity contribution is 0.629. The van der Waals surface area contributed by atoms with E-state index in [2.05, 4.69) is 23.5 Å². The van der Waals surface area contributed by atoms with Crippen LogP contribution in [0.5, 0.6) is 0 Å². The largest absolute Gasteiger partial charge is 0.379 e. The molecule has 3 heteroatoms. The van der Waals surface area contributed by atoms with Gasteiger partial charge in [-0.1, -0.05) is 23.8 Å². The topological polar surface area (TPSA) is 35.8 Å². The molecule has 0 fully saturated rings. The standard InChI is InChI=1S/C16H15FN2/c1-11-3-4-12(2)14(7-11)10-19-16-6-5-13(9-18)8-15(16)17/h3-8,19H,10H2,1-2H3. The van der Waals surface area contributed by atoms with Gasteiger partial charge in [-0.3, -0.25) is 0 Å². The van der Waals surface area contributed by atoms with Crippen LogP contribution in [0.3, 0.4) is 0 Å². The van der Waals surface area contributed by atoms with Crippen molar-refractivity contribution in [3.05, 3.63) is 64.5 Å². The van der Waals surface area contributed by atoms with Crippen molar-refractivity contribution in [1.29, 1.82) is 5.26 Å². The number of anilines is 1. The van der Waals surface area contributed by atoms with Gasteiger partial charge in [0.25, 0.3) is 0 Å². The quantitative estimate of drug-likeness (QED) is 0.900. The van der Waals surface area contributed by atoms with E-state index < -0.39 is 5.82 Å². The molecule has 0 aliphatic rings. The van der Waals surface area contributed by atoms with E-state index in [1.165, 1.54) is 17.2 Å². The number of nitrogens with zero attached hydrogens (tertiary/aromatic N) is 1. The van der Waals surface area contributed by atoms with Crippen LogP contribution < -0.4 is 5.32 Å². The first kappa shape index (κ1) is 13.1. The Morgan fingerprint density at radius 2 is 1.95 bits per heavy atom. The molecule has 0 unspecified atom stereocenters. The Kier molecular flexibility index (Phi) is 3.82. The highest BCUT2D eigenvalue weighted by molar-refractivity contribution is 5.49. The Labute approximate surface area is 112 Å². The molecule has 1 N–H and O–H groups in total. The Hall–Kier alpha value is -2.34. The van der Waals surface area contributed by atoms with Crippen molar-refractivity contribution < 1.29 is 4.39 Å². The average Bonchev–Trinajstić information content (AvgIpc) is 2.40. The first-order chi connectivity index (χ1) is 9.10. The van der Waals surface area contributed by atoms with Crippen molar-refractivity contribution >= 4 is 5.69 Å². The molecule has 96 valence electrons. The molecule has 2 aromatic rings. The maximum Gasteiger partial charge on any atom is 0.147 e. The van der Waals surface area contributed by atoms with Crippen molar-refractivity contribution in [2.24, 2.45) is 0 Å². The maximum atomic E-state index is 13.7. The van der Waals surface area contributed by atoms with Gasteiger partial charge in [0.2, 0.25) is 0 Å². The second-order valence-electron chi connectivity index (χ2n) is 4.59. The molecule has 0 saturated carbocycles. The van der Waals surface area contributed by atoms with Crippen molar-refractivity contribution in [2.45, 2.75) is 20.4 Å². The summed E-state index contributed by atoms with van der Waals surface area (Å²) in [7, 11) is 0. The van der Waals surface area contributed by atoms with Crippen molar-refractivity contribution in [3.8, 4) is 6.07 Å². The number of hydrogen-bond donors (Lipinski definition) is 1. The molecule has 0 spiro atoms. The molecule has 2 aromatic carbocycles. The summed E-state index contributed by atoms with van der Waals surface area (Å²) in [4.78, 5) is 0. The lowest BCUT2D eigenvalue weighted by Crippen LogP contribution is -2.03. The molecule has 0 radical (unpaired) electrons. The fourth-order valence-corrected chi connectivity index (χ4v) is 1.91. The molecule has 0 atom stereocenters. The van der Waals surface area contributed by atoms with E-state index in [1.807, 2.05) is 19.9 Å². The van der Waals surface area contributed by atoms with Crippen molar-refractivity contribution in [2.75, 3.05) is 5.32 Å². The van der Waals surface area contributed by atoms with Gasteiger partial charge in [-0.25, -0.2) is 4.39 Å². The van der Waals surface area contributed by atoms with Crippen LogP contribution >= 0.6 is 0 Å². The van der Waals surface area contributed by atoms with Gasteiger partial charge in [0.05, 0.1) is 17.3 Å². The minimum atomic E-state index is -0.399. The SMILES string of the molecule is Cc1ccc(C)c(CNc2ccc(C#N)cc2F)c1. The molecule has 0 bridgehead atoms. The van der Waals surface area contributed by atoms with Crippen LogP contribution in [-0.2, 0) is 6.54 Å². The molecule has 0 heterocycles. The Morgan fingerprint density at radius 1 is 1.16 bits per heavy atom. The van der Waals surface area contributed by atoms with E-state index in [1.54, 1.807) is 12.1 Å². The number of benzene rings is 2. The van der Waals surface area contributed by atoms with Gasteiger partial charge in [-0.2, -0.15) is 5.26 Å². The summed E-state index contributed by atoms with van der Waals surface area (Å²) in [5.41, 5.74) is 4.24. The van der Waals surface area contributed by atoms with Crippen molar-refractivity contribution in [1.82, 2.24) is 0 Å². The summed E-state index contributed by atoms with van der Waals surface area (Å²) in [6.45, 7) is 4.63.